The lowest BCUT2D eigenvalue weighted by Gasteiger charge is -2.28. The Bertz CT molecular complexity index is 438. The van der Waals surface area contributed by atoms with Gasteiger partial charge < -0.3 is 14.8 Å². The predicted molar refractivity (Wildman–Crippen MR) is 82.5 cm³/mol. The van der Waals surface area contributed by atoms with Crippen LogP contribution in [0.2, 0.25) is 0 Å². The highest BCUT2D eigenvalue weighted by molar-refractivity contribution is 5.81. The smallest absolute Gasteiger partial charge is 0.408 e. The Kier molecular flexibility index (Phi) is 6.78. The molecule has 23 heavy (non-hydrogen) atoms. The van der Waals surface area contributed by atoms with Crippen LogP contribution in [0.25, 0.3) is 0 Å². The quantitative estimate of drug-likeness (QED) is 0.471. The lowest BCUT2D eigenvalue weighted by Crippen LogP contribution is -2.45. The van der Waals surface area contributed by atoms with Gasteiger partial charge in [0.25, 0.3) is 0 Å². The van der Waals surface area contributed by atoms with E-state index in [2.05, 4.69) is 5.32 Å². The van der Waals surface area contributed by atoms with Crippen LogP contribution in [-0.2, 0) is 14.3 Å². The zero-order chi connectivity index (χ0) is 17.6. The van der Waals surface area contributed by atoms with Gasteiger partial charge in [-0.2, -0.15) is 0 Å². The number of amides is 1. The molecule has 1 amide bonds. The van der Waals surface area contributed by atoms with Crippen LogP contribution >= 0.6 is 0 Å². The minimum absolute atomic E-state index is 0.144. The molecule has 0 aromatic heterocycles. The molecule has 1 saturated carbocycles. The second-order valence-electron chi connectivity index (χ2n) is 6.92. The number of ether oxygens (including phenoxy) is 2. The molecular weight excluding hydrogens is 304 g/mol. The van der Waals surface area contributed by atoms with Crippen LogP contribution in [0.15, 0.2) is 0 Å². The van der Waals surface area contributed by atoms with Gasteiger partial charge >= 0.3 is 12.1 Å². The number of nitro groups is 1. The Morgan fingerprint density at radius 2 is 1.83 bits per heavy atom. The maximum absolute atomic E-state index is 11.9. The molecule has 8 heteroatoms. The first-order valence-corrected chi connectivity index (χ1v) is 7.83. The number of rotatable bonds is 5. The number of methoxy groups -OCH3 is 1. The average molecular weight is 330 g/mol. The second kappa shape index (κ2) is 8.12. The maximum atomic E-state index is 11.9. The summed E-state index contributed by atoms with van der Waals surface area (Å²) < 4.78 is 9.88. The number of hydrogen-bond acceptors (Lipinski definition) is 6. The molecule has 8 nitrogen and oxygen atoms in total. The fourth-order valence-corrected chi connectivity index (χ4v) is 2.73. The van der Waals surface area contributed by atoms with Gasteiger partial charge in [0.1, 0.15) is 11.6 Å². The van der Waals surface area contributed by atoms with Gasteiger partial charge in [-0.3, -0.25) is 10.1 Å². The molecule has 1 rings (SSSR count). The number of hydrogen-bond donors (Lipinski definition) is 1. The van der Waals surface area contributed by atoms with E-state index in [4.69, 9.17) is 9.47 Å². The van der Waals surface area contributed by atoms with Gasteiger partial charge in [0.2, 0.25) is 6.04 Å². The summed E-state index contributed by atoms with van der Waals surface area (Å²) in [6, 6.07) is -1.30. The molecule has 132 valence electrons. The van der Waals surface area contributed by atoms with Crippen LogP contribution in [0.3, 0.4) is 0 Å². The molecule has 1 aliphatic carbocycles. The van der Waals surface area contributed by atoms with Crippen LogP contribution in [0.5, 0.6) is 0 Å². The van der Waals surface area contributed by atoms with Gasteiger partial charge in [0.15, 0.2) is 0 Å². The highest BCUT2D eigenvalue weighted by Gasteiger charge is 2.33. The largest absolute Gasteiger partial charge is 0.467 e. The number of carbonyl (C=O) groups is 2. The van der Waals surface area contributed by atoms with Crippen molar-refractivity contribution >= 4 is 12.1 Å². The number of alkyl carbamates (subject to hydrolysis) is 1. The number of esters is 1. The van der Waals surface area contributed by atoms with Crippen LogP contribution in [0, 0.1) is 16.0 Å². The molecule has 1 fully saturated rings. The molecule has 0 radical (unpaired) electrons. The standard InChI is InChI=1S/C15H26N2O6/c1-15(2,3)23-14(19)16-12(13(18)22-4)9-10-5-7-11(8-6-10)17(20)21/h10-12H,5-9H2,1-4H3,(H,16,19). The van der Waals surface area contributed by atoms with Crippen molar-refractivity contribution in [1.82, 2.24) is 5.32 Å². The zero-order valence-electron chi connectivity index (χ0n) is 14.2. The first-order valence-electron chi connectivity index (χ1n) is 7.83. The molecule has 0 aromatic carbocycles. The number of nitrogens with zero attached hydrogens (tertiary/aromatic N) is 1. The number of carbonyl (C=O) groups excluding carboxylic acids is 2. The summed E-state index contributed by atoms with van der Waals surface area (Å²) >= 11 is 0. The van der Waals surface area contributed by atoms with Crippen molar-refractivity contribution in [3.8, 4) is 0 Å². The van der Waals surface area contributed by atoms with E-state index in [1.165, 1.54) is 7.11 Å². The Hall–Kier alpha value is -1.86. The van der Waals surface area contributed by atoms with Crippen LogP contribution in [-0.4, -0.2) is 41.8 Å². The summed E-state index contributed by atoms with van der Waals surface area (Å²) in [5.74, 6) is -0.391. The van der Waals surface area contributed by atoms with Crippen molar-refractivity contribution < 1.29 is 24.0 Å². The van der Waals surface area contributed by atoms with Gasteiger partial charge in [0, 0.05) is 17.8 Å². The van der Waals surface area contributed by atoms with Crippen molar-refractivity contribution in [1.29, 1.82) is 0 Å². The summed E-state index contributed by atoms with van der Waals surface area (Å²) in [5.41, 5.74) is -0.658. The van der Waals surface area contributed by atoms with Crippen molar-refractivity contribution in [2.45, 2.75) is 70.6 Å². The molecule has 0 aliphatic heterocycles. The van der Waals surface area contributed by atoms with Crippen LogP contribution < -0.4 is 5.32 Å². The van der Waals surface area contributed by atoms with E-state index < -0.39 is 29.7 Å². The van der Waals surface area contributed by atoms with E-state index in [-0.39, 0.29) is 10.8 Å². The van der Waals surface area contributed by atoms with E-state index in [1.54, 1.807) is 20.8 Å². The summed E-state index contributed by atoms with van der Waals surface area (Å²) in [6.45, 7) is 5.20. The molecule has 0 spiro atoms. The van der Waals surface area contributed by atoms with Gasteiger partial charge in [-0.25, -0.2) is 9.59 Å². The molecule has 1 atom stereocenters. The molecule has 0 saturated heterocycles. The topological polar surface area (TPSA) is 108 Å². The normalized spacial score (nSPS) is 22.8. The molecule has 0 heterocycles. The summed E-state index contributed by atoms with van der Waals surface area (Å²) in [5, 5.41) is 13.3. The Balaban J connectivity index is 2.57. The first-order chi connectivity index (χ1) is 10.6. The molecule has 1 aliphatic rings. The first kappa shape index (κ1) is 19.2. The van der Waals surface area contributed by atoms with Crippen molar-refractivity contribution in [2.75, 3.05) is 7.11 Å². The summed E-state index contributed by atoms with van der Waals surface area (Å²) in [7, 11) is 1.26. The third-order valence-electron chi connectivity index (χ3n) is 3.86. The Morgan fingerprint density at radius 1 is 1.26 bits per heavy atom. The molecule has 1 N–H and O–H groups in total. The van der Waals surface area contributed by atoms with Crippen molar-refractivity contribution in [3.63, 3.8) is 0 Å². The molecule has 0 bridgehead atoms. The van der Waals surface area contributed by atoms with Gasteiger partial charge in [-0.15, -0.1) is 0 Å². The summed E-state index contributed by atoms with van der Waals surface area (Å²) in [6.07, 6.45) is 2.04. The fourth-order valence-electron chi connectivity index (χ4n) is 2.73. The zero-order valence-corrected chi connectivity index (χ0v) is 14.2. The SMILES string of the molecule is COC(=O)C(CC1CCC([N+](=O)[O-])CC1)NC(=O)OC(C)(C)C. The van der Waals surface area contributed by atoms with E-state index in [9.17, 15) is 19.7 Å². The lowest BCUT2D eigenvalue weighted by atomic mass is 9.82. The minimum atomic E-state index is -0.799. The Morgan fingerprint density at radius 3 is 2.26 bits per heavy atom. The fraction of sp³-hybridized carbons (Fsp3) is 0.867. The predicted octanol–water partition coefficient (Wildman–Crippen LogP) is 2.28. The van der Waals surface area contributed by atoms with Crippen LogP contribution in [0.4, 0.5) is 4.79 Å². The average Bonchev–Trinajstić information content (AvgIpc) is 2.44. The highest BCUT2D eigenvalue weighted by Crippen LogP contribution is 2.29. The number of nitrogens with one attached hydrogen (secondary N) is 1. The van der Waals surface area contributed by atoms with Gasteiger partial charge in [-0.05, 0) is 46.0 Å². The minimum Gasteiger partial charge on any atom is -0.467 e. The third kappa shape index (κ3) is 6.83. The Labute approximate surface area is 136 Å². The van der Waals surface area contributed by atoms with Crippen molar-refractivity contribution in [2.24, 2.45) is 5.92 Å². The van der Waals surface area contributed by atoms with E-state index in [0.29, 0.717) is 32.1 Å². The van der Waals surface area contributed by atoms with Crippen LogP contribution in [0.1, 0.15) is 52.9 Å². The van der Waals surface area contributed by atoms with E-state index in [1.807, 2.05) is 0 Å². The maximum Gasteiger partial charge on any atom is 0.408 e. The van der Waals surface area contributed by atoms with Gasteiger partial charge in [0.05, 0.1) is 7.11 Å². The molecular formula is C15H26N2O6. The van der Waals surface area contributed by atoms with Crippen molar-refractivity contribution in [3.05, 3.63) is 10.1 Å². The molecule has 0 aromatic rings. The molecule has 1 unspecified atom stereocenters. The van der Waals surface area contributed by atoms with E-state index >= 15 is 0 Å². The third-order valence-corrected chi connectivity index (χ3v) is 3.86. The second-order valence-corrected chi connectivity index (χ2v) is 6.92. The highest BCUT2D eigenvalue weighted by atomic mass is 16.6. The lowest BCUT2D eigenvalue weighted by molar-refractivity contribution is -0.527. The monoisotopic (exact) mass is 330 g/mol. The van der Waals surface area contributed by atoms with Gasteiger partial charge in [-0.1, -0.05) is 0 Å². The van der Waals surface area contributed by atoms with E-state index in [0.717, 1.165) is 0 Å². The summed E-state index contributed by atoms with van der Waals surface area (Å²) in [4.78, 5) is 34.2.